The van der Waals surface area contributed by atoms with E-state index in [1.807, 2.05) is 36.4 Å². The lowest BCUT2D eigenvalue weighted by Crippen LogP contribution is -2.28. The zero-order valence-corrected chi connectivity index (χ0v) is 16.5. The molecule has 2 aromatic carbocycles. The second kappa shape index (κ2) is 9.90. The number of carbonyl (C=O) groups is 2. The molecule has 6 nitrogen and oxygen atoms in total. The van der Waals surface area contributed by atoms with Crippen LogP contribution in [0.5, 0.6) is 5.75 Å². The van der Waals surface area contributed by atoms with E-state index < -0.39 is 11.4 Å². The summed E-state index contributed by atoms with van der Waals surface area (Å²) in [6, 6.07) is 14.8. The van der Waals surface area contributed by atoms with Crippen LogP contribution in [0.4, 0.5) is 0 Å². The van der Waals surface area contributed by atoms with Crippen molar-refractivity contribution in [3.8, 4) is 5.75 Å². The number of hydrogen-bond donors (Lipinski definition) is 2. The molecule has 0 aliphatic carbocycles. The fourth-order valence-corrected chi connectivity index (χ4v) is 2.54. The van der Waals surface area contributed by atoms with Gasteiger partial charge in [-0.05, 0) is 50.6 Å². The summed E-state index contributed by atoms with van der Waals surface area (Å²) in [7, 11) is 1.35. The summed E-state index contributed by atoms with van der Waals surface area (Å²) < 4.78 is 10.6. The molecule has 2 N–H and O–H groups in total. The Morgan fingerprint density at radius 3 is 2.39 bits per heavy atom. The first kappa shape index (κ1) is 21.4. The molecule has 150 valence electrons. The van der Waals surface area contributed by atoms with Crippen molar-refractivity contribution >= 4 is 11.9 Å². The topological polar surface area (TPSA) is 84.9 Å². The van der Waals surface area contributed by atoms with E-state index in [1.54, 1.807) is 26.0 Å². The molecule has 0 spiro atoms. The van der Waals surface area contributed by atoms with Gasteiger partial charge in [-0.15, -0.1) is 0 Å². The van der Waals surface area contributed by atoms with Gasteiger partial charge in [-0.3, -0.25) is 4.79 Å². The fourth-order valence-electron chi connectivity index (χ4n) is 2.54. The molecule has 0 fully saturated rings. The SMILES string of the molecule is COC(=O)c1ccc(COc2ccccc2CNCCC(C)(C)C(=O)O)cc1. The smallest absolute Gasteiger partial charge is 0.337 e. The molecular weight excluding hydrogens is 358 g/mol. The minimum absolute atomic E-state index is 0.366. The molecule has 0 saturated carbocycles. The van der Waals surface area contributed by atoms with Crippen molar-refractivity contribution < 1.29 is 24.2 Å². The van der Waals surface area contributed by atoms with Crippen LogP contribution in [0.3, 0.4) is 0 Å². The Bertz CT molecular complexity index is 799. The number of benzene rings is 2. The maximum atomic E-state index is 11.5. The van der Waals surface area contributed by atoms with Gasteiger partial charge in [-0.1, -0.05) is 30.3 Å². The van der Waals surface area contributed by atoms with Crippen molar-refractivity contribution in [3.05, 3.63) is 65.2 Å². The summed E-state index contributed by atoms with van der Waals surface area (Å²) in [6.45, 7) is 5.01. The number of nitrogens with one attached hydrogen (secondary N) is 1. The molecule has 0 saturated heterocycles. The van der Waals surface area contributed by atoms with Crippen molar-refractivity contribution in [2.24, 2.45) is 5.41 Å². The molecule has 28 heavy (non-hydrogen) atoms. The van der Waals surface area contributed by atoms with E-state index in [9.17, 15) is 9.59 Å². The van der Waals surface area contributed by atoms with Crippen LogP contribution in [0.2, 0.25) is 0 Å². The van der Waals surface area contributed by atoms with Gasteiger partial charge in [0.1, 0.15) is 12.4 Å². The minimum Gasteiger partial charge on any atom is -0.489 e. The number of aliphatic carboxylic acids is 1. The third kappa shape index (κ3) is 6.09. The number of carboxylic acid groups (broad SMARTS) is 1. The Balaban J connectivity index is 1.89. The zero-order valence-electron chi connectivity index (χ0n) is 16.5. The number of ether oxygens (including phenoxy) is 2. The van der Waals surface area contributed by atoms with Crippen molar-refractivity contribution in [3.63, 3.8) is 0 Å². The first-order chi connectivity index (χ1) is 13.3. The monoisotopic (exact) mass is 385 g/mol. The average Bonchev–Trinajstić information content (AvgIpc) is 2.70. The number of carboxylic acids is 1. The average molecular weight is 385 g/mol. The van der Waals surface area contributed by atoms with Crippen LogP contribution in [0.25, 0.3) is 0 Å². The van der Waals surface area contributed by atoms with Gasteiger partial charge in [0.15, 0.2) is 0 Å². The van der Waals surface area contributed by atoms with Crippen molar-refractivity contribution in [1.82, 2.24) is 5.32 Å². The van der Waals surface area contributed by atoms with Gasteiger partial charge in [0.25, 0.3) is 0 Å². The Labute approximate surface area is 165 Å². The highest BCUT2D eigenvalue weighted by atomic mass is 16.5. The standard InChI is InChI=1S/C22H27NO5/c1-22(2,21(25)26)12-13-23-14-18-6-4-5-7-19(18)28-15-16-8-10-17(11-9-16)20(24)27-3/h4-11,23H,12-15H2,1-3H3,(H,25,26). The molecule has 0 heterocycles. The van der Waals surface area contributed by atoms with Gasteiger partial charge < -0.3 is 19.9 Å². The van der Waals surface area contributed by atoms with Gasteiger partial charge >= 0.3 is 11.9 Å². The van der Waals surface area contributed by atoms with E-state index in [2.05, 4.69) is 5.32 Å². The highest BCUT2D eigenvalue weighted by Crippen LogP contribution is 2.21. The molecule has 0 aliphatic heterocycles. The lowest BCUT2D eigenvalue weighted by atomic mass is 9.90. The van der Waals surface area contributed by atoms with E-state index in [0.717, 1.165) is 16.9 Å². The summed E-state index contributed by atoms with van der Waals surface area (Å²) in [5, 5.41) is 12.5. The Morgan fingerprint density at radius 2 is 1.75 bits per heavy atom. The molecule has 0 aliphatic rings. The number of methoxy groups -OCH3 is 1. The second-order valence-corrected chi connectivity index (χ2v) is 7.20. The third-order valence-corrected chi connectivity index (χ3v) is 4.56. The second-order valence-electron chi connectivity index (χ2n) is 7.20. The quantitative estimate of drug-likeness (QED) is 0.480. The van der Waals surface area contributed by atoms with Gasteiger partial charge in [-0.25, -0.2) is 4.79 Å². The van der Waals surface area contributed by atoms with Crippen LogP contribution in [0.1, 0.15) is 41.8 Å². The Morgan fingerprint density at radius 1 is 1.07 bits per heavy atom. The summed E-state index contributed by atoms with van der Waals surface area (Å²) in [5.41, 5.74) is 1.69. The largest absolute Gasteiger partial charge is 0.489 e. The number of para-hydroxylation sites is 1. The summed E-state index contributed by atoms with van der Waals surface area (Å²) in [6.07, 6.45) is 0.540. The van der Waals surface area contributed by atoms with Crippen molar-refractivity contribution in [1.29, 1.82) is 0 Å². The van der Waals surface area contributed by atoms with E-state index in [1.165, 1.54) is 7.11 Å². The van der Waals surface area contributed by atoms with Crippen LogP contribution in [-0.2, 0) is 22.7 Å². The molecule has 0 radical (unpaired) electrons. The number of carbonyl (C=O) groups excluding carboxylic acids is 1. The molecule has 2 aromatic rings. The van der Waals surface area contributed by atoms with E-state index >= 15 is 0 Å². The van der Waals surface area contributed by atoms with Crippen LogP contribution in [0.15, 0.2) is 48.5 Å². The number of rotatable bonds is 10. The summed E-state index contributed by atoms with van der Waals surface area (Å²) >= 11 is 0. The van der Waals surface area contributed by atoms with Gasteiger partial charge in [0.05, 0.1) is 18.1 Å². The van der Waals surface area contributed by atoms with Crippen LogP contribution in [-0.4, -0.2) is 30.7 Å². The van der Waals surface area contributed by atoms with E-state index in [4.69, 9.17) is 14.6 Å². The van der Waals surface area contributed by atoms with Gasteiger partial charge in [-0.2, -0.15) is 0 Å². The Hall–Kier alpha value is -2.86. The van der Waals surface area contributed by atoms with Gasteiger partial charge in [0.2, 0.25) is 0 Å². The summed E-state index contributed by atoms with van der Waals surface area (Å²) in [5.74, 6) is -0.393. The molecule has 0 atom stereocenters. The maximum absolute atomic E-state index is 11.5. The van der Waals surface area contributed by atoms with Crippen molar-refractivity contribution in [2.45, 2.75) is 33.4 Å². The summed E-state index contributed by atoms with van der Waals surface area (Å²) in [4.78, 5) is 22.6. The number of esters is 1. The van der Waals surface area contributed by atoms with E-state index in [0.29, 0.717) is 31.7 Å². The highest BCUT2D eigenvalue weighted by Gasteiger charge is 2.26. The zero-order chi connectivity index (χ0) is 20.6. The predicted molar refractivity (Wildman–Crippen MR) is 106 cm³/mol. The lowest BCUT2D eigenvalue weighted by Gasteiger charge is -2.19. The minimum atomic E-state index is -0.795. The van der Waals surface area contributed by atoms with Crippen LogP contribution < -0.4 is 10.1 Å². The van der Waals surface area contributed by atoms with E-state index in [-0.39, 0.29) is 5.97 Å². The van der Waals surface area contributed by atoms with Gasteiger partial charge in [0, 0.05) is 12.1 Å². The molecule has 0 unspecified atom stereocenters. The fraction of sp³-hybridized carbons (Fsp3) is 0.364. The normalized spacial score (nSPS) is 11.1. The lowest BCUT2D eigenvalue weighted by molar-refractivity contribution is -0.147. The Kier molecular flexibility index (Phi) is 7.58. The molecular formula is C22H27NO5. The first-order valence-corrected chi connectivity index (χ1v) is 9.15. The molecule has 0 amide bonds. The first-order valence-electron chi connectivity index (χ1n) is 9.15. The number of hydrogen-bond acceptors (Lipinski definition) is 5. The molecule has 6 heteroatoms. The molecule has 0 aromatic heterocycles. The molecule has 0 bridgehead atoms. The predicted octanol–water partition coefficient (Wildman–Crippen LogP) is 3.64. The van der Waals surface area contributed by atoms with Crippen LogP contribution in [0, 0.1) is 5.41 Å². The highest BCUT2D eigenvalue weighted by molar-refractivity contribution is 5.89. The van der Waals surface area contributed by atoms with Crippen LogP contribution >= 0.6 is 0 Å². The molecule has 2 rings (SSSR count). The maximum Gasteiger partial charge on any atom is 0.337 e. The van der Waals surface area contributed by atoms with Crippen molar-refractivity contribution in [2.75, 3.05) is 13.7 Å². The third-order valence-electron chi connectivity index (χ3n) is 4.56.